The number of tetrazole rings is 2. The van der Waals surface area contributed by atoms with Crippen molar-refractivity contribution in [2.45, 2.75) is 83.7 Å². The van der Waals surface area contributed by atoms with Gasteiger partial charge in [0.25, 0.3) is 0 Å². The van der Waals surface area contributed by atoms with E-state index in [9.17, 15) is 0 Å². The molecule has 2 heterocycles. The summed E-state index contributed by atoms with van der Waals surface area (Å²) in [5, 5.41) is 22.8. The third kappa shape index (κ3) is 8.53. The zero-order valence-corrected chi connectivity index (χ0v) is 18.3. The number of nitrogens with zero attached hydrogens (tertiary/aromatic N) is 8. The SMILES string of the molecule is CC(C)(CCCCOCCCOCCCCC(C)(C)n1cnnn1)n1cnnn1. The van der Waals surface area contributed by atoms with Crippen LogP contribution in [0.3, 0.4) is 0 Å². The van der Waals surface area contributed by atoms with Gasteiger partial charge in [-0.3, -0.25) is 0 Å². The second-order valence-corrected chi connectivity index (χ2v) is 8.63. The molecule has 0 atom stereocenters. The Bertz CT molecular complexity index is 587. The smallest absolute Gasteiger partial charge is 0.138 e. The third-order valence-corrected chi connectivity index (χ3v) is 5.17. The van der Waals surface area contributed by atoms with E-state index in [1.807, 2.05) is 9.36 Å². The molecule has 0 aromatic carbocycles. The van der Waals surface area contributed by atoms with Crippen molar-refractivity contribution in [1.29, 1.82) is 0 Å². The molecule has 2 aromatic rings. The van der Waals surface area contributed by atoms with Crippen molar-refractivity contribution in [2.24, 2.45) is 0 Å². The van der Waals surface area contributed by atoms with Gasteiger partial charge in [0.1, 0.15) is 12.7 Å². The second kappa shape index (κ2) is 11.9. The molecule has 0 aliphatic heterocycles. The van der Waals surface area contributed by atoms with E-state index in [1.54, 1.807) is 12.7 Å². The van der Waals surface area contributed by atoms with Gasteiger partial charge in [-0.15, -0.1) is 10.2 Å². The molecule has 2 rings (SSSR count). The molecule has 0 saturated carbocycles. The molecule has 29 heavy (non-hydrogen) atoms. The molecule has 0 aliphatic rings. The Labute approximate surface area is 173 Å². The molecule has 0 spiro atoms. The topological polar surface area (TPSA) is 106 Å². The largest absolute Gasteiger partial charge is 0.381 e. The lowest BCUT2D eigenvalue weighted by atomic mass is 9.98. The molecule has 10 heteroatoms. The van der Waals surface area contributed by atoms with E-state index in [1.165, 1.54) is 0 Å². The number of aromatic nitrogens is 8. The average Bonchev–Trinajstić information content (AvgIpc) is 3.39. The van der Waals surface area contributed by atoms with E-state index in [0.717, 1.165) is 71.4 Å². The molecular formula is C19H36N8O2. The molecule has 10 nitrogen and oxygen atoms in total. The lowest BCUT2D eigenvalue weighted by Crippen LogP contribution is -2.27. The number of unbranched alkanes of at least 4 members (excludes halogenated alkanes) is 2. The Balaban J connectivity index is 1.37. The minimum absolute atomic E-state index is 0.0568. The molecule has 0 unspecified atom stereocenters. The van der Waals surface area contributed by atoms with E-state index < -0.39 is 0 Å². The summed E-state index contributed by atoms with van der Waals surface area (Å²) in [6.07, 6.45) is 10.6. The van der Waals surface area contributed by atoms with Crippen molar-refractivity contribution in [3.63, 3.8) is 0 Å². The van der Waals surface area contributed by atoms with Crippen molar-refractivity contribution in [3.8, 4) is 0 Å². The first-order chi connectivity index (χ1) is 13.9. The molecule has 0 amide bonds. The van der Waals surface area contributed by atoms with E-state index >= 15 is 0 Å². The highest BCUT2D eigenvalue weighted by Crippen LogP contribution is 2.21. The van der Waals surface area contributed by atoms with Crippen LogP contribution in [0.25, 0.3) is 0 Å². The van der Waals surface area contributed by atoms with Crippen molar-refractivity contribution in [2.75, 3.05) is 26.4 Å². The molecular weight excluding hydrogens is 372 g/mol. The maximum atomic E-state index is 5.70. The van der Waals surface area contributed by atoms with Gasteiger partial charge in [-0.05, 0) is 93.5 Å². The molecule has 0 fully saturated rings. The molecule has 2 aromatic heterocycles. The van der Waals surface area contributed by atoms with Crippen LogP contribution in [-0.4, -0.2) is 66.8 Å². The Hall–Kier alpha value is -1.94. The predicted molar refractivity (Wildman–Crippen MR) is 108 cm³/mol. The summed E-state index contributed by atoms with van der Waals surface area (Å²) in [6.45, 7) is 11.7. The summed E-state index contributed by atoms with van der Waals surface area (Å²) >= 11 is 0. The van der Waals surface area contributed by atoms with E-state index in [0.29, 0.717) is 0 Å². The van der Waals surface area contributed by atoms with Gasteiger partial charge in [0.2, 0.25) is 0 Å². The van der Waals surface area contributed by atoms with Crippen LogP contribution >= 0.6 is 0 Å². The predicted octanol–water partition coefficient (Wildman–Crippen LogP) is 2.59. The van der Waals surface area contributed by atoms with Gasteiger partial charge in [-0.1, -0.05) is 0 Å². The van der Waals surface area contributed by atoms with Crippen LogP contribution in [0.15, 0.2) is 12.7 Å². The molecule has 0 saturated heterocycles. The van der Waals surface area contributed by atoms with Gasteiger partial charge in [0.05, 0.1) is 11.1 Å². The number of ether oxygens (including phenoxy) is 2. The fourth-order valence-electron chi connectivity index (χ4n) is 3.10. The Morgan fingerprint density at radius 2 is 1.03 bits per heavy atom. The van der Waals surface area contributed by atoms with Crippen LogP contribution in [0.1, 0.15) is 72.6 Å². The quantitative estimate of drug-likeness (QED) is 0.390. The normalized spacial score (nSPS) is 12.6. The Kier molecular flexibility index (Phi) is 9.59. The number of rotatable bonds is 16. The van der Waals surface area contributed by atoms with Crippen molar-refractivity contribution in [3.05, 3.63) is 12.7 Å². The van der Waals surface area contributed by atoms with Gasteiger partial charge in [-0.2, -0.15) is 0 Å². The van der Waals surface area contributed by atoms with E-state index in [-0.39, 0.29) is 11.1 Å². The lowest BCUT2D eigenvalue weighted by molar-refractivity contribution is 0.0777. The van der Waals surface area contributed by atoms with Crippen LogP contribution < -0.4 is 0 Å². The van der Waals surface area contributed by atoms with Crippen LogP contribution in [0.5, 0.6) is 0 Å². The summed E-state index contributed by atoms with van der Waals surface area (Å²) in [4.78, 5) is 0. The van der Waals surface area contributed by atoms with Crippen LogP contribution in [0.4, 0.5) is 0 Å². The highest BCUT2D eigenvalue weighted by atomic mass is 16.5. The standard InChI is InChI=1S/C19H36N8O2/c1-18(2,26-16-20-22-24-26)10-5-7-12-28-14-9-15-29-13-8-6-11-19(3,4)27-17-21-23-25-27/h16-17H,5-15H2,1-4H3. The molecule has 0 bridgehead atoms. The summed E-state index contributed by atoms with van der Waals surface area (Å²) in [7, 11) is 0. The third-order valence-electron chi connectivity index (χ3n) is 5.17. The van der Waals surface area contributed by atoms with Crippen molar-refractivity contribution < 1.29 is 9.47 Å². The summed E-state index contributed by atoms with van der Waals surface area (Å²) < 4.78 is 15.0. The number of hydrogen-bond acceptors (Lipinski definition) is 8. The molecule has 0 aliphatic carbocycles. The van der Waals surface area contributed by atoms with E-state index in [2.05, 4.69) is 58.7 Å². The maximum Gasteiger partial charge on any atom is 0.138 e. The first-order valence-electron chi connectivity index (χ1n) is 10.5. The summed E-state index contributed by atoms with van der Waals surface area (Å²) in [5.41, 5.74) is -0.114. The molecule has 0 N–H and O–H groups in total. The monoisotopic (exact) mass is 408 g/mol. The Morgan fingerprint density at radius 1 is 0.621 bits per heavy atom. The van der Waals surface area contributed by atoms with Crippen LogP contribution in [0, 0.1) is 0 Å². The highest BCUT2D eigenvalue weighted by molar-refractivity contribution is 4.75. The zero-order valence-electron chi connectivity index (χ0n) is 18.3. The van der Waals surface area contributed by atoms with Gasteiger partial charge in [0.15, 0.2) is 0 Å². The molecule has 164 valence electrons. The minimum Gasteiger partial charge on any atom is -0.381 e. The van der Waals surface area contributed by atoms with Crippen molar-refractivity contribution in [1.82, 2.24) is 40.4 Å². The number of hydrogen-bond donors (Lipinski definition) is 0. The Morgan fingerprint density at radius 3 is 1.41 bits per heavy atom. The summed E-state index contributed by atoms with van der Waals surface area (Å²) in [5.74, 6) is 0. The first-order valence-corrected chi connectivity index (χ1v) is 10.5. The summed E-state index contributed by atoms with van der Waals surface area (Å²) in [6, 6.07) is 0. The van der Waals surface area contributed by atoms with Crippen LogP contribution in [-0.2, 0) is 20.6 Å². The average molecular weight is 409 g/mol. The lowest BCUT2D eigenvalue weighted by Gasteiger charge is -2.23. The molecule has 0 radical (unpaired) electrons. The minimum atomic E-state index is -0.0568. The van der Waals surface area contributed by atoms with Gasteiger partial charge in [-0.25, -0.2) is 9.36 Å². The van der Waals surface area contributed by atoms with Gasteiger partial charge < -0.3 is 9.47 Å². The van der Waals surface area contributed by atoms with E-state index in [4.69, 9.17) is 9.47 Å². The van der Waals surface area contributed by atoms with Gasteiger partial charge in [0, 0.05) is 26.4 Å². The highest BCUT2D eigenvalue weighted by Gasteiger charge is 2.21. The second-order valence-electron chi connectivity index (χ2n) is 8.63. The fourth-order valence-corrected chi connectivity index (χ4v) is 3.10. The maximum absolute atomic E-state index is 5.70. The van der Waals surface area contributed by atoms with Gasteiger partial charge >= 0.3 is 0 Å². The first kappa shape index (κ1) is 23.3. The fraction of sp³-hybridized carbons (Fsp3) is 0.895. The van der Waals surface area contributed by atoms with Crippen LogP contribution in [0.2, 0.25) is 0 Å². The zero-order chi connectivity index (χ0) is 21.0. The van der Waals surface area contributed by atoms with Crippen molar-refractivity contribution >= 4 is 0 Å².